The van der Waals surface area contributed by atoms with Gasteiger partial charge in [0.2, 0.25) is 11.8 Å². The van der Waals surface area contributed by atoms with Crippen LogP contribution in [0.2, 0.25) is 0 Å². The molecule has 2 aliphatic rings. The molecule has 0 atom stereocenters. The number of benzene rings is 2. The summed E-state index contributed by atoms with van der Waals surface area (Å²) in [6, 6.07) is 14.0. The van der Waals surface area contributed by atoms with E-state index >= 15 is 0 Å². The zero-order valence-corrected chi connectivity index (χ0v) is 16.8. The van der Waals surface area contributed by atoms with Crippen molar-refractivity contribution in [1.29, 1.82) is 0 Å². The predicted octanol–water partition coefficient (Wildman–Crippen LogP) is 2.47. The van der Waals surface area contributed by atoms with E-state index in [1.54, 1.807) is 0 Å². The number of fused-ring (bicyclic) bond motifs is 1. The summed E-state index contributed by atoms with van der Waals surface area (Å²) in [4.78, 5) is 28.1. The Morgan fingerprint density at radius 2 is 1.72 bits per heavy atom. The van der Waals surface area contributed by atoms with Gasteiger partial charge in [-0.2, -0.15) is 0 Å². The molecule has 1 fully saturated rings. The van der Waals surface area contributed by atoms with Gasteiger partial charge in [0.05, 0.1) is 13.0 Å². The van der Waals surface area contributed by atoms with Crippen molar-refractivity contribution in [1.82, 2.24) is 9.80 Å². The highest BCUT2D eigenvalue weighted by molar-refractivity contribution is 5.88. The first-order valence-electron chi connectivity index (χ1n) is 10.2. The van der Waals surface area contributed by atoms with Gasteiger partial charge in [0.25, 0.3) is 0 Å². The summed E-state index contributed by atoms with van der Waals surface area (Å²) in [6.45, 7) is 6.49. The summed E-state index contributed by atoms with van der Waals surface area (Å²) in [7, 11) is 0. The maximum Gasteiger partial charge on any atom is 0.227 e. The van der Waals surface area contributed by atoms with Gasteiger partial charge < -0.3 is 15.0 Å². The van der Waals surface area contributed by atoms with E-state index < -0.39 is 0 Å². The summed E-state index contributed by atoms with van der Waals surface area (Å²) < 4.78 is 5.58. The van der Waals surface area contributed by atoms with Gasteiger partial charge >= 0.3 is 0 Å². The summed E-state index contributed by atoms with van der Waals surface area (Å²) in [5.74, 6) is 1.08. The summed E-state index contributed by atoms with van der Waals surface area (Å²) >= 11 is 0. The van der Waals surface area contributed by atoms with Crippen molar-refractivity contribution < 1.29 is 14.3 Å². The fourth-order valence-electron chi connectivity index (χ4n) is 3.95. The lowest BCUT2D eigenvalue weighted by Gasteiger charge is -2.35. The van der Waals surface area contributed by atoms with Crippen molar-refractivity contribution in [2.45, 2.75) is 26.3 Å². The molecule has 2 heterocycles. The van der Waals surface area contributed by atoms with Gasteiger partial charge in [0, 0.05) is 51.8 Å². The predicted molar refractivity (Wildman–Crippen MR) is 112 cm³/mol. The standard InChI is InChI=1S/C23H27N3O3/c1-17(27)24-21-5-2-18(3-6-21)15-23(28)26-11-9-25(10-12-26)16-19-4-7-22-20(14-19)8-13-29-22/h2-7,14H,8-13,15-16H2,1H3,(H,24,27). The number of amides is 2. The highest BCUT2D eigenvalue weighted by Gasteiger charge is 2.22. The lowest BCUT2D eigenvalue weighted by atomic mass is 10.1. The number of hydrogen-bond acceptors (Lipinski definition) is 4. The van der Waals surface area contributed by atoms with E-state index in [9.17, 15) is 9.59 Å². The quantitative estimate of drug-likeness (QED) is 0.848. The second-order valence-corrected chi connectivity index (χ2v) is 7.75. The van der Waals surface area contributed by atoms with E-state index in [1.807, 2.05) is 29.2 Å². The molecule has 2 aromatic carbocycles. The molecule has 0 bridgehead atoms. The smallest absolute Gasteiger partial charge is 0.227 e. The molecule has 6 heteroatoms. The summed E-state index contributed by atoms with van der Waals surface area (Å²) in [5.41, 5.74) is 4.33. The third-order valence-electron chi connectivity index (χ3n) is 5.51. The average Bonchev–Trinajstić information content (AvgIpc) is 3.17. The molecule has 29 heavy (non-hydrogen) atoms. The Labute approximate surface area is 171 Å². The molecule has 2 aliphatic heterocycles. The zero-order chi connectivity index (χ0) is 20.2. The summed E-state index contributed by atoms with van der Waals surface area (Å²) in [5, 5.41) is 2.74. The third kappa shape index (κ3) is 4.95. The normalized spacial score (nSPS) is 16.2. The first-order valence-corrected chi connectivity index (χ1v) is 10.2. The van der Waals surface area contributed by atoms with E-state index in [0.29, 0.717) is 6.42 Å². The van der Waals surface area contributed by atoms with E-state index in [2.05, 4.69) is 28.4 Å². The monoisotopic (exact) mass is 393 g/mol. The van der Waals surface area contributed by atoms with Crippen LogP contribution in [0.4, 0.5) is 5.69 Å². The minimum Gasteiger partial charge on any atom is -0.493 e. The number of carbonyl (C=O) groups excluding carboxylic acids is 2. The first-order chi connectivity index (χ1) is 14.1. The van der Waals surface area contributed by atoms with Crippen LogP contribution in [-0.4, -0.2) is 54.4 Å². The van der Waals surface area contributed by atoms with Crippen LogP contribution in [0.5, 0.6) is 5.75 Å². The van der Waals surface area contributed by atoms with Crippen LogP contribution in [0.25, 0.3) is 0 Å². The number of rotatable bonds is 5. The van der Waals surface area contributed by atoms with Gasteiger partial charge in [-0.25, -0.2) is 0 Å². The molecule has 0 aliphatic carbocycles. The van der Waals surface area contributed by atoms with Crippen LogP contribution in [0, 0.1) is 0 Å². The van der Waals surface area contributed by atoms with Crippen molar-refractivity contribution in [2.24, 2.45) is 0 Å². The SMILES string of the molecule is CC(=O)Nc1ccc(CC(=O)N2CCN(Cc3ccc4c(c3)CCO4)CC2)cc1. The van der Waals surface area contributed by atoms with E-state index in [-0.39, 0.29) is 11.8 Å². The van der Waals surface area contributed by atoms with Crippen molar-refractivity contribution >= 4 is 17.5 Å². The molecule has 152 valence electrons. The molecule has 0 spiro atoms. The number of ether oxygens (including phenoxy) is 1. The van der Waals surface area contributed by atoms with Gasteiger partial charge in [-0.05, 0) is 34.9 Å². The maximum atomic E-state index is 12.6. The number of anilines is 1. The first kappa shape index (κ1) is 19.5. The molecule has 4 rings (SSSR count). The second kappa shape index (κ2) is 8.66. The fourth-order valence-corrected chi connectivity index (χ4v) is 3.95. The minimum absolute atomic E-state index is 0.0973. The van der Waals surface area contributed by atoms with Crippen molar-refractivity contribution in [3.63, 3.8) is 0 Å². The van der Waals surface area contributed by atoms with Crippen molar-refractivity contribution in [2.75, 3.05) is 38.1 Å². The molecular weight excluding hydrogens is 366 g/mol. The Hall–Kier alpha value is -2.86. The maximum absolute atomic E-state index is 12.6. The van der Waals surface area contributed by atoms with Crippen LogP contribution in [0.3, 0.4) is 0 Å². The molecule has 1 N–H and O–H groups in total. The fraction of sp³-hybridized carbons (Fsp3) is 0.391. The Morgan fingerprint density at radius 3 is 2.45 bits per heavy atom. The zero-order valence-electron chi connectivity index (χ0n) is 16.8. The van der Waals surface area contributed by atoms with Crippen LogP contribution >= 0.6 is 0 Å². The van der Waals surface area contributed by atoms with E-state index in [0.717, 1.165) is 62.8 Å². The molecule has 1 saturated heterocycles. The number of nitrogens with one attached hydrogen (secondary N) is 1. The van der Waals surface area contributed by atoms with Gasteiger partial charge in [-0.1, -0.05) is 24.3 Å². The minimum atomic E-state index is -0.0973. The lowest BCUT2D eigenvalue weighted by Crippen LogP contribution is -2.48. The molecule has 6 nitrogen and oxygen atoms in total. The topological polar surface area (TPSA) is 61.9 Å². The highest BCUT2D eigenvalue weighted by atomic mass is 16.5. The van der Waals surface area contributed by atoms with Crippen LogP contribution in [0.1, 0.15) is 23.6 Å². The third-order valence-corrected chi connectivity index (χ3v) is 5.51. The Balaban J connectivity index is 1.25. The molecule has 0 radical (unpaired) electrons. The molecular formula is C23H27N3O3. The van der Waals surface area contributed by atoms with Crippen LogP contribution < -0.4 is 10.1 Å². The van der Waals surface area contributed by atoms with Crippen LogP contribution in [0.15, 0.2) is 42.5 Å². The molecule has 0 unspecified atom stereocenters. The number of piperazine rings is 1. The Kier molecular flexibility index (Phi) is 5.81. The Bertz CT molecular complexity index is 887. The lowest BCUT2D eigenvalue weighted by molar-refractivity contribution is -0.132. The van der Waals surface area contributed by atoms with Gasteiger partial charge in [0.15, 0.2) is 0 Å². The largest absolute Gasteiger partial charge is 0.493 e. The van der Waals surface area contributed by atoms with Gasteiger partial charge in [-0.3, -0.25) is 14.5 Å². The summed E-state index contributed by atoms with van der Waals surface area (Å²) in [6.07, 6.45) is 1.39. The van der Waals surface area contributed by atoms with Crippen molar-refractivity contribution in [3.05, 3.63) is 59.2 Å². The van der Waals surface area contributed by atoms with Crippen molar-refractivity contribution in [3.8, 4) is 5.75 Å². The number of hydrogen-bond donors (Lipinski definition) is 1. The van der Waals surface area contributed by atoms with Gasteiger partial charge in [0.1, 0.15) is 5.75 Å². The Morgan fingerprint density at radius 1 is 1.00 bits per heavy atom. The van der Waals surface area contributed by atoms with E-state index in [4.69, 9.17) is 4.74 Å². The van der Waals surface area contributed by atoms with Gasteiger partial charge in [-0.15, -0.1) is 0 Å². The van der Waals surface area contributed by atoms with E-state index in [1.165, 1.54) is 18.1 Å². The highest BCUT2D eigenvalue weighted by Crippen LogP contribution is 2.26. The molecule has 0 aromatic heterocycles. The second-order valence-electron chi connectivity index (χ2n) is 7.75. The average molecular weight is 393 g/mol. The number of carbonyl (C=O) groups is 2. The molecule has 0 saturated carbocycles. The number of nitrogens with zero attached hydrogens (tertiary/aromatic N) is 2. The molecule has 2 aromatic rings. The van der Waals surface area contributed by atoms with Crippen LogP contribution in [-0.2, 0) is 29.0 Å². The molecule has 2 amide bonds.